The first-order chi connectivity index (χ1) is 13.3. The van der Waals surface area contributed by atoms with Gasteiger partial charge in [-0.2, -0.15) is 0 Å². The number of methoxy groups -OCH3 is 1. The van der Waals surface area contributed by atoms with Gasteiger partial charge in [0.05, 0.1) is 29.5 Å². The summed E-state index contributed by atoms with van der Waals surface area (Å²) < 4.78 is 30.8. The Hall–Kier alpha value is -3.14. The number of carbonyl (C=O) groups excluding carboxylic acids is 1. The average Bonchev–Trinajstić information content (AvgIpc) is 2.67. The van der Waals surface area contributed by atoms with Crippen LogP contribution in [0.1, 0.15) is 23.2 Å². The Morgan fingerprint density at radius 3 is 2.68 bits per heavy atom. The Kier molecular flexibility index (Phi) is 5.50. The van der Waals surface area contributed by atoms with E-state index in [0.717, 1.165) is 6.42 Å². The lowest BCUT2D eigenvalue weighted by Gasteiger charge is -2.28. The van der Waals surface area contributed by atoms with E-state index in [4.69, 9.17) is 4.74 Å². The minimum atomic E-state index is -3.41. The third-order valence-corrected chi connectivity index (χ3v) is 6.26. The fourth-order valence-corrected chi connectivity index (χ4v) is 4.60. The standard InChI is InChI=1S/C18H19N3O6S/c1-27-15-7-8-16(17(12-15)21(23)24)19-18(22)13-5-4-6-14(11-13)20-9-2-3-10-28(20,25)26/h4-8,11-12H,2-3,9-10H2,1H3,(H,19,22). The summed E-state index contributed by atoms with van der Waals surface area (Å²) in [6, 6.07) is 10.3. The van der Waals surface area contributed by atoms with Crippen LogP contribution < -0.4 is 14.4 Å². The molecule has 148 valence electrons. The summed E-state index contributed by atoms with van der Waals surface area (Å²) in [5.41, 5.74) is 0.314. The highest BCUT2D eigenvalue weighted by atomic mass is 32.2. The number of benzene rings is 2. The molecule has 1 heterocycles. The maximum atomic E-state index is 12.6. The normalized spacial score (nSPS) is 15.7. The lowest BCUT2D eigenvalue weighted by atomic mass is 10.1. The van der Waals surface area contributed by atoms with E-state index >= 15 is 0 Å². The molecule has 2 aromatic rings. The highest BCUT2D eigenvalue weighted by Crippen LogP contribution is 2.30. The molecule has 9 nitrogen and oxygen atoms in total. The predicted octanol–water partition coefficient (Wildman–Crippen LogP) is 2.79. The van der Waals surface area contributed by atoms with Crippen molar-refractivity contribution in [2.24, 2.45) is 0 Å². The SMILES string of the molecule is COc1ccc(NC(=O)c2cccc(N3CCCCS3(=O)=O)c2)c([N+](=O)[O-])c1. The van der Waals surface area contributed by atoms with E-state index in [1.54, 1.807) is 12.1 Å². The molecule has 28 heavy (non-hydrogen) atoms. The number of nitro benzene ring substituents is 1. The molecule has 0 atom stereocenters. The van der Waals surface area contributed by atoms with Crippen LogP contribution in [0.15, 0.2) is 42.5 Å². The quantitative estimate of drug-likeness (QED) is 0.603. The van der Waals surface area contributed by atoms with E-state index in [1.807, 2.05) is 0 Å². The fraction of sp³-hybridized carbons (Fsp3) is 0.278. The monoisotopic (exact) mass is 405 g/mol. The number of sulfonamides is 1. The van der Waals surface area contributed by atoms with Crippen LogP contribution in [-0.2, 0) is 10.0 Å². The summed E-state index contributed by atoms with van der Waals surface area (Å²) in [7, 11) is -2.02. The van der Waals surface area contributed by atoms with E-state index in [2.05, 4.69) is 5.32 Å². The number of nitrogens with one attached hydrogen (secondary N) is 1. The van der Waals surface area contributed by atoms with Crippen molar-refractivity contribution in [1.29, 1.82) is 0 Å². The molecule has 0 radical (unpaired) electrons. The molecule has 0 aromatic heterocycles. The Balaban J connectivity index is 1.87. The molecular weight excluding hydrogens is 386 g/mol. The third-order valence-electron chi connectivity index (χ3n) is 4.40. The van der Waals surface area contributed by atoms with Gasteiger partial charge in [0.2, 0.25) is 10.0 Å². The predicted molar refractivity (Wildman–Crippen MR) is 104 cm³/mol. The summed E-state index contributed by atoms with van der Waals surface area (Å²) in [5, 5.41) is 13.8. The molecule has 1 fully saturated rings. The molecular formula is C18H19N3O6S. The van der Waals surface area contributed by atoms with Gasteiger partial charge in [-0.15, -0.1) is 0 Å². The van der Waals surface area contributed by atoms with Crippen LogP contribution in [0.4, 0.5) is 17.1 Å². The molecule has 1 N–H and O–H groups in total. The minimum Gasteiger partial charge on any atom is -0.496 e. The van der Waals surface area contributed by atoms with Gasteiger partial charge in [-0.05, 0) is 43.2 Å². The van der Waals surface area contributed by atoms with Crippen molar-refractivity contribution in [2.45, 2.75) is 12.8 Å². The van der Waals surface area contributed by atoms with Gasteiger partial charge in [-0.3, -0.25) is 19.2 Å². The fourth-order valence-electron chi connectivity index (χ4n) is 2.97. The maximum absolute atomic E-state index is 12.6. The van der Waals surface area contributed by atoms with Crippen LogP contribution in [0.2, 0.25) is 0 Å². The van der Waals surface area contributed by atoms with Crippen LogP contribution in [0, 0.1) is 10.1 Å². The Bertz CT molecular complexity index is 1020. The molecule has 1 amide bonds. The third kappa shape index (κ3) is 4.06. The second-order valence-electron chi connectivity index (χ2n) is 6.24. The van der Waals surface area contributed by atoms with Crippen LogP contribution in [0.5, 0.6) is 5.75 Å². The molecule has 0 spiro atoms. The topological polar surface area (TPSA) is 119 Å². The van der Waals surface area contributed by atoms with Gasteiger partial charge in [0.15, 0.2) is 0 Å². The van der Waals surface area contributed by atoms with Crippen molar-refractivity contribution >= 4 is 33.0 Å². The number of amides is 1. The number of carbonyl (C=O) groups is 1. The van der Waals surface area contributed by atoms with Crippen molar-refractivity contribution in [3.63, 3.8) is 0 Å². The van der Waals surface area contributed by atoms with Crippen molar-refractivity contribution < 1.29 is 22.9 Å². The second-order valence-corrected chi connectivity index (χ2v) is 8.25. The van der Waals surface area contributed by atoms with Crippen LogP contribution in [-0.4, -0.2) is 38.7 Å². The number of nitrogens with zero attached hydrogens (tertiary/aromatic N) is 2. The minimum absolute atomic E-state index is 0.0202. The number of hydrogen-bond acceptors (Lipinski definition) is 6. The molecule has 2 aromatic carbocycles. The Morgan fingerprint density at radius 1 is 1.21 bits per heavy atom. The lowest BCUT2D eigenvalue weighted by Crippen LogP contribution is -2.37. The smallest absolute Gasteiger partial charge is 0.296 e. The van der Waals surface area contributed by atoms with Gasteiger partial charge < -0.3 is 10.1 Å². The van der Waals surface area contributed by atoms with Gasteiger partial charge in [-0.25, -0.2) is 8.42 Å². The van der Waals surface area contributed by atoms with E-state index in [1.165, 1.54) is 41.7 Å². The first-order valence-electron chi connectivity index (χ1n) is 8.56. The second kappa shape index (κ2) is 7.85. The molecule has 1 aliphatic rings. The zero-order valence-corrected chi connectivity index (χ0v) is 15.9. The number of anilines is 2. The van der Waals surface area contributed by atoms with Crippen molar-refractivity contribution in [2.75, 3.05) is 29.0 Å². The van der Waals surface area contributed by atoms with Gasteiger partial charge in [0.25, 0.3) is 11.6 Å². The zero-order chi connectivity index (χ0) is 20.3. The maximum Gasteiger partial charge on any atom is 0.296 e. The molecule has 3 rings (SSSR count). The number of hydrogen-bond donors (Lipinski definition) is 1. The number of nitro groups is 1. The lowest BCUT2D eigenvalue weighted by molar-refractivity contribution is -0.384. The molecule has 1 aliphatic heterocycles. The first kappa shape index (κ1) is 19.6. The number of rotatable bonds is 5. The molecule has 1 saturated heterocycles. The number of ether oxygens (including phenoxy) is 1. The summed E-state index contributed by atoms with van der Waals surface area (Å²) in [5.74, 6) is -0.215. The molecule has 10 heteroatoms. The van der Waals surface area contributed by atoms with Gasteiger partial charge >= 0.3 is 0 Å². The van der Waals surface area contributed by atoms with Crippen molar-refractivity contribution in [3.05, 3.63) is 58.1 Å². The van der Waals surface area contributed by atoms with Crippen molar-refractivity contribution in [1.82, 2.24) is 0 Å². The van der Waals surface area contributed by atoms with Gasteiger partial charge in [0, 0.05) is 12.1 Å². The largest absolute Gasteiger partial charge is 0.496 e. The average molecular weight is 405 g/mol. The van der Waals surface area contributed by atoms with E-state index < -0.39 is 20.9 Å². The van der Waals surface area contributed by atoms with Crippen LogP contribution >= 0.6 is 0 Å². The highest BCUT2D eigenvalue weighted by molar-refractivity contribution is 7.92. The molecule has 0 unspecified atom stereocenters. The van der Waals surface area contributed by atoms with Gasteiger partial charge in [0.1, 0.15) is 11.4 Å². The van der Waals surface area contributed by atoms with E-state index in [9.17, 15) is 23.3 Å². The Morgan fingerprint density at radius 2 is 2.00 bits per heavy atom. The van der Waals surface area contributed by atoms with E-state index in [0.29, 0.717) is 24.4 Å². The summed E-state index contributed by atoms with van der Waals surface area (Å²) in [4.78, 5) is 23.3. The zero-order valence-electron chi connectivity index (χ0n) is 15.1. The Labute approximate surface area is 162 Å². The molecule has 0 bridgehead atoms. The summed E-state index contributed by atoms with van der Waals surface area (Å²) in [6.45, 7) is 0.358. The van der Waals surface area contributed by atoms with Crippen LogP contribution in [0.25, 0.3) is 0 Å². The van der Waals surface area contributed by atoms with Crippen LogP contribution in [0.3, 0.4) is 0 Å². The first-order valence-corrected chi connectivity index (χ1v) is 10.2. The molecule has 0 saturated carbocycles. The highest BCUT2D eigenvalue weighted by Gasteiger charge is 2.26. The molecule has 0 aliphatic carbocycles. The van der Waals surface area contributed by atoms with Gasteiger partial charge in [-0.1, -0.05) is 6.07 Å². The summed E-state index contributed by atoms with van der Waals surface area (Å²) >= 11 is 0. The van der Waals surface area contributed by atoms with Crippen molar-refractivity contribution in [3.8, 4) is 5.75 Å². The summed E-state index contributed by atoms with van der Waals surface area (Å²) in [6.07, 6.45) is 1.36. The van der Waals surface area contributed by atoms with E-state index in [-0.39, 0.29) is 22.7 Å².